The molecule has 120 valence electrons. The number of urea groups is 1. The maximum absolute atomic E-state index is 12.6. The van der Waals surface area contributed by atoms with Crippen molar-refractivity contribution >= 4 is 11.9 Å². The second-order valence-corrected chi connectivity index (χ2v) is 5.49. The highest BCUT2D eigenvalue weighted by Gasteiger charge is 2.40. The van der Waals surface area contributed by atoms with Gasteiger partial charge >= 0.3 is 6.03 Å². The summed E-state index contributed by atoms with van der Waals surface area (Å²) in [5.74, 6) is 1.04. The van der Waals surface area contributed by atoms with Crippen molar-refractivity contribution in [2.45, 2.75) is 6.04 Å². The zero-order chi connectivity index (χ0) is 16.0. The van der Waals surface area contributed by atoms with Crippen molar-refractivity contribution < 1.29 is 24.2 Å². The molecule has 3 heterocycles. The molecule has 0 saturated heterocycles. The predicted molar refractivity (Wildman–Crippen MR) is 77.7 cm³/mol. The molecular weight excluding hydrogens is 302 g/mol. The van der Waals surface area contributed by atoms with Gasteiger partial charge < -0.3 is 30.1 Å². The lowest BCUT2D eigenvalue weighted by molar-refractivity contribution is -0.126. The molecule has 0 radical (unpaired) electrons. The van der Waals surface area contributed by atoms with Crippen molar-refractivity contribution in [1.82, 2.24) is 15.5 Å². The van der Waals surface area contributed by atoms with Gasteiger partial charge in [-0.15, -0.1) is 0 Å². The minimum atomic E-state index is -0.551. The van der Waals surface area contributed by atoms with Crippen molar-refractivity contribution in [3.63, 3.8) is 0 Å². The van der Waals surface area contributed by atoms with Gasteiger partial charge in [-0.1, -0.05) is 6.07 Å². The summed E-state index contributed by atoms with van der Waals surface area (Å²) >= 11 is 0. The first-order valence-corrected chi connectivity index (χ1v) is 7.27. The molecule has 0 fully saturated rings. The monoisotopic (exact) mass is 317 g/mol. The van der Waals surface area contributed by atoms with E-state index < -0.39 is 6.04 Å². The number of ether oxygens (including phenoxy) is 2. The Morgan fingerprint density at radius 3 is 2.91 bits per heavy atom. The summed E-state index contributed by atoms with van der Waals surface area (Å²) in [6, 6.07) is 4.42. The number of β-amino-alcohol motifs (C(OH)–C–C–N with tert-alkyl or cyclic N) is 1. The molecule has 1 atom stereocenters. The maximum atomic E-state index is 12.6. The van der Waals surface area contributed by atoms with Crippen LogP contribution < -0.4 is 20.1 Å². The van der Waals surface area contributed by atoms with Crippen LogP contribution in [0.3, 0.4) is 0 Å². The minimum absolute atomic E-state index is 0.123. The smallest absolute Gasteiger partial charge is 0.319 e. The third-order valence-electron chi connectivity index (χ3n) is 4.12. The Labute approximate surface area is 131 Å². The average Bonchev–Trinajstić information content (AvgIpc) is 3.11. The molecule has 3 amide bonds. The quantitative estimate of drug-likeness (QED) is 0.720. The van der Waals surface area contributed by atoms with Gasteiger partial charge in [-0.05, 0) is 17.7 Å². The summed E-state index contributed by atoms with van der Waals surface area (Å²) < 4.78 is 10.6. The van der Waals surface area contributed by atoms with E-state index in [0.717, 1.165) is 5.56 Å². The van der Waals surface area contributed by atoms with Gasteiger partial charge in [0.05, 0.1) is 30.5 Å². The fraction of sp³-hybridized carbons (Fsp3) is 0.333. The van der Waals surface area contributed by atoms with Crippen molar-refractivity contribution in [3.05, 3.63) is 35.0 Å². The number of nitrogens with zero attached hydrogens (tertiary/aromatic N) is 1. The van der Waals surface area contributed by atoms with Gasteiger partial charge in [-0.3, -0.25) is 4.79 Å². The Balaban J connectivity index is 1.71. The molecule has 3 aliphatic heterocycles. The van der Waals surface area contributed by atoms with Crippen LogP contribution in [0.2, 0.25) is 0 Å². The van der Waals surface area contributed by atoms with Crippen molar-refractivity contribution in [1.29, 1.82) is 0 Å². The third-order valence-corrected chi connectivity index (χ3v) is 4.12. The molecule has 8 heteroatoms. The Morgan fingerprint density at radius 1 is 1.26 bits per heavy atom. The Bertz CT molecular complexity index is 730. The van der Waals surface area contributed by atoms with Crippen LogP contribution in [0.4, 0.5) is 4.79 Å². The molecule has 0 bridgehead atoms. The van der Waals surface area contributed by atoms with Crippen molar-refractivity contribution in [3.8, 4) is 11.5 Å². The molecule has 0 unspecified atom stereocenters. The SMILES string of the molecule is O=C1NC2=C(C(=O)N(CCO)C2)[C@@H](c2ccc3c(c2)OCO3)N1. The summed E-state index contributed by atoms with van der Waals surface area (Å²) in [5.41, 5.74) is 1.82. The molecule has 0 spiro atoms. The highest BCUT2D eigenvalue weighted by molar-refractivity contribution is 6.01. The van der Waals surface area contributed by atoms with Crippen LogP contribution in [0.25, 0.3) is 0 Å². The van der Waals surface area contributed by atoms with E-state index in [-0.39, 0.29) is 31.9 Å². The van der Waals surface area contributed by atoms with Gasteiger partial charge in [-0.25, -0.2) is 4.79 Å². The number of carbonyl (C=O) groups is 2. The molecule has 8 nitrogen and oxygen atoms in total. The fourth-order valence-electron chi connectivity index (χ4n) is 3.07. The summed E-state index contributed by atoms with van der Waals surface area (Å²) in [7, 11) is 0. The Morgan fingerprint density at radius 2 is 2.09 bits per heavy atom. The van der Waals surface area contributed by atoms with Crippen molar-refractivity contribution in [2.24, 2.45) is 0 Å². The van der Waals surface area contributed by atoms with Crippen LogP contribution in [0.15, 0.2) is 29.5 Å². The highest BCUT2D eigenvalue weighted by atomic mass is 16.7. The third kappa shape index (κ3) is 2.18. The van der Waals surface area contributed by atoms with Gasteiger partial charge in [0.25, 0.3) is 5.91 Å². The van der Waals surface area contributed by atoms with Crippen LogP contribution in [0.5, 0.6) is 11.5 Å². The van der Waals surface area contributed by atoms with Gasteiger partial charge in [0.2, 0.25) is 6.79 Å². The first-order valence-electron chi connectivity index (χ1n) is 7.27. The van der Waals surface area contributed by atoms with Crippen LogP contribution in [-0.2, 0) is 4.79 Å². The number of hydrogen-bond donors (Lipinski definition) is 3. The van der Waals surface area contributed by atoms with Crippen molar-refractivity contribution in [2.75, 3.05) is 26.5 Å². The number of benzene rings is 1. The number of hydrogen-bond acceptors (Lipinski definition) is 5. The predicted octanol–water partition coefficient (Wildman–Crippen LogP) is -0.142. The molecule has 3 aliphatic rings. The second-order valence-electron chi connectivity index (χ2n) is 5.49. The van der Waals surface area contributed by atoms with E-state index in [1.807, 2.05) is 0 Å². The van der Waals surface area contributed by atoms with E-state index in [0.29, 0.717) is 29.3 Å². The summed E-state index contributed by atoms with van der Waals surface area (Å²) in [6.07, 6.45) is 0. The van der Waals surface area contributed by atoms with E-state index in [1.54, 1.807) is 18.2 Å². The Kier molecular flexibility index (Phi) is 3.12. The van der Waals surface area contributed by atoms with Gasteiger partial charge in [-0.2, -0.15) is 0 Å². The van der Waals surface area contributed by atoms with E-state index in [4.69, 9.17) is 14.6 Å². The number of aliphatic hydroxyl groups excluding tert-OH is 1. The zero-order valence-corrected chi connectivity index (χ0v) is 12.2. The van der Waals surface area contributed by atoms with E-state index in [1.165, 1.54) is 4.90 Å². The van der Waals surface area contributed by atoms with E-state index in [2.05, 4.69) is 10.6 Å². The van der Waals surface area contributed by atoms with Crippen LogP contribution in [-0.4, -0.2) is 48.4 Å². The molecule has 3 N–H and O–H groups in total. The van der Waals surface area contributed by atoms with Crippen LogP contribution >= 0.6 is 0 Å². The number of nitrogens with one attached hydrogen (secondary N) is 2. The van der Waals surface area contributed by atoms with Gasteiger partial charge in [0.15, 0.2) is 11.5 Å². The molecular formula is C15H15N3O5. The lowest BCUT2D eigenvalue weighted by atomic mass is 9.96. The van der Waals surface area contributed by atoms with E-state index >= 15 is 0 Å². The number of fused-ring (bicyclic) bond motifs is 1. The van der Waals surface area contributed by atoms with Crippen LogP contribution in [0.1, 0.15) is 11.6 Å². The largest absolute Gasteiger partial charge is 0.454 e. The first kappa shape index (κ1) is 13.9. The van der Waals surface area contributed by atoms with Crippen LogP contribution in [0, 0.1) is 0 Å². The molecule has 1 aromatic rings. The zero-order valence-electron chi connectivity index (χ0n) is 12.2. The average molecular weight is 317 g/mol. The highest BCUT2D eigenvalue weighted by Crippen LogP contribution is 2.38. The molecule has 23 heavy (non-hydrogen) atoms. The molecule has 0 aliphatic carbocycles. The molecule has 1 aromatic carbocycles. The molecule has 0 aromatic heterocycles. The lowest BCUT2D eigenvalue weighted by Crippen LogP contribution is -2.44. The topological polar surface area (TPSA) is 100 Å². The summed E-state index contributed by atoms with van der Waals surface area (Å²) in [5, 5.41) is 14.5. The number of rotatable bonds is 3. The lowest BCUT2D eigenvalue weighted by Gasteiger charge is -2.25. The van der Waals surface area contributed by atoms with Gasteiger partial charge in [0.1, 0.15) is 0 Å². The number of amides is 3. The second kappa shape index (κ2) is 5.17. The number of aliphatic hydroxyl groups is 1. The fourth-order valence-corrected chi connectivity index (χ4v) is 3.07. The van der Waals surface area contributed by atoms with E-state index in [9.17, 15) is 9.59 Å². The minimum Gasteiger partial charge on any atom is -0.454 e. The van der Waals surface area contributed by atoms with Gasteiger partial charge in [0, 0.05) is 6.54 Å². The normalized spacial score (nSPS) is 22.1. The Hall–Kier alpha value is -2.74. The maximum Gasteiger partial charge on any atom is 0.319 e. The number of carbonyl (C=O) groups excluding carboxylic acids is 2. The first-order chi connectivity index (χ1) is 11.2. The standard InChI is InChI=1S/C15H15N3O5/c19-4-3-18-6-9-12(14(18)20)13(17-15(21)16-9)8-1-2-10-11(5-8)23-7-22-10/h1-2,5,13,19H,3-4,6-7H2,(H2,16,17,21)/t13-/m1/s1. The molecule has 4 rings (SSSR count). The summed E-state index contributed by atoms with van der Waals surface area (Å²) in [6.45, 7) is 0.565. The molecule has 0 saturated carbocycles. The summed E-state index contributed by atoms with van der Waals surface area (Å²) in [4.78, 5) is 26.0.